The number of hydrogen-bond acceptors (Lipinski definition) is 2. The first kappa shape index (κ1) is 14.7. The van der Waals surface area contributed by atoms with E-state index in [0.717, 1.165) is 29.7 Å². The number of nitrogen functional groups attached to an aromatic ring is 1. The minimum absolute atomic E-state index is 0.102. The molecule has 0 aliphatic heterocycles. The molecule has 1 aromatic carbocycles. The zero-order valence-electron chi connectivity index (χ0n) is 12.0. The SMILES string of the molecule is CC1(c2[nH]nc(N)c2-c2ccc(Cl)c(Cl)c2)CCCCC1. The summed E-state index contributed by atoms with van der Waals surface area (Å²) in [4.78, 5) is 0. The van der Waals surface area contributed by atoms with E-state index >= 15 is 0 Å². The van der Waals surface area contributed by atoms with E-state index in [9.17, 15) is 0 Å². The van der Waals surface area contributed by atoms with Crippen LogP contribution >= 0.6 is 23.2 Å². The number of nitrogens with two attached hydrogens (primary N) is 1. The van der Waals surface area contributed by atoms with E-state index in [-0.39, 0.29) is 5.41 Å². The van der Waals surface area contributed by atoms with E-state index in [1.807, 2.05) is 12.1 Å². The van der Waals surface area contributed by atoms with Crippen LogP contribution in [-0.4, -0.2) is 10.2 Å². The van der Waals surface area contributed by atoms with Gasteiger partial charge in [-0.15, -0.1) is 0 Å². The van der Waals surface area contributed by atoms with Crippen LogP contribution in [0.1, 0.15) is 44.7 Å². The molecule has 1 aromatic heterocycles. The standard InChI is InChI=1S/C16H19Cl2N3/c1-16(7-3-2-4-8-16)14-13(15(19)21-20-14)10-5-6-11(17)12(18)9-10/h5-6,9H,2-4,7-8H2,1H3,(H3,19,20,21). The quantitative estimate of drug-likeness (QED) is 0.799. The second-order valence-corrected chi connectivity index (χ2v) is 6.92. The average Bonchev–Trinajstić information content (AvgIpc) is 2.85. The van der Waals surface area contributed by atoms with E-state index in [0.29, 0.717) is 15.9 Å². The normalized spacial score (nSPS) is 17.9. The van der Waals surface area contributed by atoms with Gasteiger partial charge in [0.2, 0.25) is 0 Å². The molecule has 1 fully saturated rings. The van der Waals surface area contributed by atoms with Crippen molar-refractivity contribution in [3.63, 3.8) is 0 Å². The van der Waals surface area contributed by atoms with Crippen LogP contribution in [0.15, 0.2) is 18.2 Å². The molecule has 0 bridgehead atoms. The van der Waals surface area contributed by atoms with Crippen LogP contribution in [0.25, 0.3) is 11.1 Å². The Kier molecular flexibility index (Phi) is 3.89. The molecule has 0 spiro atoms. The van der Waals surface area contributed by atoms with Gasteiger partial charge in [0.25, 0.3) is 0 Å². The van der Waals surface area contributed by atoms with Crippen LogP contribution < -0.4 is 5.73 Å². The van der Waals surface area contributed by atoms with E-state index in [1.54, 1.807) is 6.07 Å². The summed E-state index contributed by atoms with van der Waals surface area (Å²) in [6.07, 6.45) is 6.11. The first-order valence-electron chi connectivity index (χ1n) is 7.31. The second-order valence-electron chi connectivity index (χ2n) is 6.11. The fraction of sp³-hybridized carbons (Fsp3) is 0.438. The number of H-pyrrole nitrogens is 1. The molecule has 1 aliphatic rings. The van der Waals surface area contributed by atoms with Crippen LogP contribution in [0.2, 0.25) is 10.0 Å². The second kappa shape index (κ2) is 5.54. The predicted octanol–water partition coefficient (Wildman–Crippen LogP) is 5.19. The molecule has 112 valence electrons. The van der Waals surface area contributed by atoms with Gasteiger partial charge in [0, 0.05) is 11.0 Å². The van der Waals surface area contributed by atoms with Crippen LogP contribution in [0.5, 0.6) is 0 Å². The summed E-state index contributed by atoms with van der Waals surface area (Å²) in [5.74, 6) is 0.523. The molecule has 1 heterocycles. The van der Waals surface area contributed by atoms with Crippen molar-refractivity contribution in [1.29, 1.82) is 0 Å². The number of rotatable bonds is 2. The molecule has 21 heavy (non-hydrogen) atoms. The van der Waals surface area contributed by atoms with Crippen molar-refractivity contribution in [2.75, 3.05) is 5.73 Å². The fourth-order valence-corrected chi connectivity index (χ4v) is 3.62. The number of nitrogens with one attached hydrogen (secondary N) is 1. The van der Waals surface area contributed by atoms with E-state index < -0.39 is 0 Å². The minimum Gasteiger partial charge on any atom is -0.382 e. The lowest BCUT2D eigenvalue weighted by molar-refractivity contribution is 0.312. The van der Waals surface area contributed by atoms with Gasteiger partial charge in [0.05, 0.1) is 15.7 Å². The molecule has 1 aliphatic carbocycles. The van der Waals surface area contributed by atoms with Gasteiger partial charge in [-0.3, -0.25) is 5.10 Å². The maximum atomic E-state index is 6.15. The lowest BCUT2D eigenvalue weighted by Gasteiger charge is -2.33. The Bertz CT molecular complexity index is 658. The highest BCUT2D eigenvalue weighted by atomic mass is 35.5. The van der Waals surface area contributed by atoms with Crippen molar-refractivity contribution in [2.24, 2.45) is 0 Å². The first-order valence-corrected chi connectivity index (χ1v) is 8.06. The monoisotopic (exact) mass is 323 g/mol. The van der Waals surface area contributed by atoms with Crippen LogP contribution in [0.3, 0.4) is 0 Å². The van der Waals surface area contributed by atoms with Crippen LogP contribution in [0, 0.1) is 0 Å². The van der Waals surface area contributed by atoms with Gasteiger partial charge in [-0.1, -0.05) is 55.5 Å². The van der Waals surface area contributed by atoms with Crippen LogP contribution in [-0.2, 0) is 5.41 Å². The Morgan fingerprint density at radius 3 is 2.52 bits per heavy atom. The average molecular weight is 324 g/mol. The third-order valence-corrected chi connectivity index (χ3v) is 5.30. The minimum atomic E-state index is 0.102. The molecular formula is C16H19Cl2N3. The Morgan fingerprint density at radius 2 is 1.86 bits per heavy atom. The zero-order chi connectivity index (χ0) is 15.0. The molecule has 3 rings (SSSR count). The summed E-state index contributed by atoms with van der Waals surface area (Å²) in [5, 5.41) is 8.49. The van der Waals surface area contributed by atoms with Crippen molar-refractivity contribution in [3.8, 4) is 11.1 Å². The molecule has 1 saturated carbocycles. The molecule has 0 unspecified atom stereocenters. The van der Waals surface area contributed by atoms with Gasteiger partial charge in [-0.05, 0) is 30.5 Å². The van der Waals surface area contributed by atoms with Gasteiger partial charge in [0.1, 0.15) is 0 Å². The number of hydrogen-bond donors (Lipinski definition) is 2. The van der Waals surface area contributed by atoms with E-state index in [1.165, 1.54) is 19.3 Å². The molecule has 3 nitrogen and oxygen atoms in total. The van der Waals surface area contributed by atoms with Gasteiger partial charge < -0.3 is 5.73 Å². The summed E-state index contributed by atoms with van der Waals surface area (Å²) in [6.45, 7) is 2.29. The number of aromatic nitrogens is 2. The summed E-state index contributed by atoms with van der Waals surface area (Å²) in [5.41, 5.74) is 9.27. The number of nitrogens with zero attached hydrogens (tertiary/aromatic N) is 1. The largest absolute Gasteiger partial charge is 0.382 e. The zero-order valence-corrected chi connectivity index (χ0v) is 13.6. The Labute approximate surface area is 134 Å². The summed E-state index contributed by atoms with van der Waals surface area (Å²) in [7, 11) is 0. The number of halogens is 2. The number of anilines is 1. The predicted molar refractivity (Wildman–Crippen MR) is 88.9 cm³/mol. The highest BCUT2D eigenvalue weighted by Crippen LogP contribution is 2.44. The topological polar surface area (TPSA) is 54.7 Å². The van der Waals surface area contributed by atoms with Crippen molar-refractivity contribution < 1.29 is 0 Å². The van der Waals surface area contributed by atoms with Gasteiger partial charge in [-0.25, -0.2) is 0 Å². The van der Waals surface area contributed by atoms with Crippen LogP contribution in [0.4, 0.5) is 5.82 Å². The molecule has 0 saturated heterocycles. The van der Waals surface area contributed by atoms with Crippen molar-refractivity contribution in [2.45, 2.75) is 44.4 Å². The van der Waals surface area contributed by atoms with E-state index in [2.05, 4.69) is 17.1 Å². The highest BCUT2D eigenvalue weighted by Gasteiger charge is 2.34. The summed E-state index contributed by atoms with van der Waals surface area (Å²) < 4.78 is 0. The third-order valence-electron chi connectivity index (χ3n) is 4.56. The molecular weight excluding hydrogens is 305 g/mol. The van der Waals surface area contributed by atoms with Gasteiger partial charge in [-0.2, -0.15) is 5.10 Å². The number of aromatic amines is 1. The molecule has 2 aromatic rings. The highest BCUT2D eigenvalue weighted by molar-refractivity contribution is 6.42. The van der Waals surface area contributed by atoms with Gasteiger partial charge in [0.15, 0.2) is 5.82 Å². The third kappa shape index (κ3) is 2.65. The summed E-state index contributed by atoms with van der Waals surface area (Å²) in [6, 6.07) is 5.62. The Morgan fingerprint density at radius 1 is 1.14 bits per heavy atom. The molecule has 0 atom stereocenters. The lowest BCUT2D eigenvalue weighted by atomic mass is 9.72. The Hall–Kier alpha value is -1.19. The van der Waals surface area contributed by atoms with Crippen molar-refractivity contribution in [1.82, 2.24) is 10.2 Å². The molecule has 0 amide bonds. The smallest absolute Gasteiger partial charge is 0.153 e. The van der Waals surface area contributed by atoms with Crippen molar-refractivity contribution in [3.05, 3.63) is 33.9 Å². The maximum Gasteiger partial charge on any atom is 0.153 e. The van der Waals surface area contributed by atoms with Gasteiger partial charge >= 0.3 is 0 Å². The summed E-state index contributed by atoms with van der Waals surface area (Å²) >= 11 is 12.2. The molecule has 3 N–H and O–H groups in total. The molecule has 0 radical (unpaired) electrons. The lowest BCUT2D eigenvalue weighted by Crippen LogP contribution is -2.26. The first-order chi connectivity index (χ1) is 10.0. The number of benzene rings is 1. The Balaban J connectivity index is 2.10. The molecule has 5 heteroatoms. The maximum absolute atomic E-state index is 6.15. The fourth-order valence-electron chi connectivity index (χ4n) is 3.32. The van der Waals surface area contributed by atoms with Crippen molar-refractivity contribution >= 4 is 29.0 Å². The van der Waals surface area contributed by atoms with E-state index in [4.69, 9.17) is 28.9 Å².